The van der Waals surface area contributed by atoms with E-state index >= 15 is 0 Å². The van der Waals surface area contributed by atoms with E-state index in [1.807, 2.05) is 13.1 Å². The maximum Gasteiger partial charge on any atom is 0.193 e. The van der Waals surface area contributed by atoms with Crippen molar-refractivity contribution >= 4 is 17.3 Å². The smallest absolute Gasteiger partial charge is 0.193 e. The number of nitrogens with one attached hydrogen (secondary N) is 1. The number of hydrogen-bond donors (Lipinski definition) is 1. The summed E-state index contributed by atoms with van der Waals surface area (Å²) in [4.78, 5) is 11.3. The summed E-state index contributed by atoms with van der Waals surface area (Å²) in [5, 5.41) is 6.65. The van der Waals surface area contributed by atoms with Crippen LogP contribution in [-0.4, -0.2) is 43.0 Å². The van der Waals surface area contributed by atoms with Crippen molar-refractivity contribution in [2.24, 2.45) is 4.99 Å². The molecule has 1 aromatic carbocycles. The van der Waals surface area contributed by atoms with Gasteiger partial charge in [0.15, 0.2) is 5.96 Å². The molecule has 0 saturated heterocycles. The minimum absolute atomic E-state index is 0.829. The van der Waals surface area contributed by atoms with Gasteiger partial charge in [-0.15, -0.1) is 17.9 Å². The Morgan fingerprint density at radius 3 is 2.80 bits per heavy atom. The van der Waals surface area contributed by atoms with Crippen LogP contribution in [-0.2, 0) is 6.42 Å². The highest BCUT2D eigenvalue weighted by Gasteiger charge is 2.07. The summed E-state index contributed by atoms with van der Waals surface area (Å²) >= 11 is 1.70. The van der Waals surface area contributed by atoms with E-state index in [1.54, 1.807) is 11.3 Å². The zero-order valence-electron chi connectivity index (χ0n) is 15.5. The lowest BCUT2D eigenvalue weighted by Crippen LogP contribution is -2.40. The SMILES string of the molecule is C=CCCCN(C)C(=NC)NCCc1csc(-c2ccc(C)cc2)n1. The van der Waals surface area contributed by atoms with Gasteiger partial charge < -0.3 is 10.2 Å². The van der Waals surface area contributed by atoms with Crippen LogP contribution >= 0.6 is 11.3 Å². The minimum Gasteiger partial charge on any atom is -0.356 e. The summed E-state index contributed by atoms with van der Waals surface area (Å²) in [6.45, 7) is 7.67. The molecule has 4 nitrogen and oxygen atoms in total. The van der Waals surface area contributed by atoms with Crippen molar-refractivity contribution in [2.75, 3.05) is 27.2 Å². The van der Waals surface area contributed by atoms with E-state index in [-0.39, 0.29) is 0 Å². The van der Waals surface area contributed by atoms with Crippen LogP contribution in [0.5, 0.6) is 0 Å². The molecule has 2 rings (SSSR count). The van der Waals surface area contributed by atoms with Gasteiger partial charge in [0, 0.05) is 44.5 Å². The Labute approximate surface area is 155 Å². The Morgan fingerprint density at radius 2 is 2.12 bits per heavy atom. The topological polar surface area (TPSA) is 40.5 Å². The van der Waals surface area contributed by atoms with Gasteiger partial charge in [0.25, 0.3) is 0 Å². The summed E-state index contributed by atoms with van der Waals surface area (Å²) in [6, 6.07) is 8.53. The standard InChI is InChI=1S/C20H28N4S/c1-5-6-7-14-24(4)20(21-3)22-13-12-18-15-25-19(23-18)17-10-8-16(2)9-11-17/h5,8-11,15H,1,6-7,12-14H2,2-4H3,(H,21,22). The monoisotopic (exact) mass is 356 g/mol. The fraction of sp³-hybridized carbons (Fsp3) is 0.400. The highest BCUT2D eigenvalue weighted by atomic mass is 32.1. The van der Waals surface area contributed by atoms with Crippen molar-refractivity contribution in [3.63, 3.8) is 0 Å². The highest BCUT2D eigenvalue weighted by Crippen LogP contribution is 2.24. The van der Waals surface area contributed by atoms with E-state index in [1.165, 1.54) is 11.1 Å². The van der Waals surface area contributed by atoms with Crippen LogP contribution in [0.2, 0.25) is 0 Å². The lowest BCUT2D eigenvalue weighted by Gasteiger charge is -2.21. The Morgan fingerprint density at radius 1 is 1.36 bits per heavy atom. The molecule has 0 atom stereocenters. The lowest BCUT2D eigenvalue weighted by atomic mass is 10.2. The molecule has 0 saturated carbocycles. The third-order valence-electron chi connectivity index (χ3n) is 3.99. The van der Waals surface area contributed by atoms with Gasteiger partial charge in [-0.1, -0.05) is 35.9 Å². The second kappa shape index (κ2) is 9.99. The molecule has 0 fully saturated rings. The Hall–Kier alpha value is -2.14. The molecule has 1 heterocycles. The van der Waals surface area contributed by atoms with Gasteiger partial charge in [-0.3, -0.25) is 4.99 Å². The zero-order valence-corrected chi connectivity index (χ0v) is 16.3. The molecule has 0 bridgehead atoms. The van der Waals surface area contributed by atoms with Crippen LogP contribution in [0.1, 0.15) is 24.1 Å². The first kappa shape index (κ1) is 19.2. The molecule has 0 radical (unpaired) electrons. The summed E-state index contributed by atoms with van der Waals surface area (Å²) in [5.74, 6) is 0.929. The molecule has 1 aromatic heterocycles. The first-order chi connectivity index (χ1) is 12.1. The normalized spacial score (nSPS) is 11.4. The molecule has 25 heavy (non-hydrogen) atoms. The molecule has 2 aromatic rings. The summed E-state index contributed by atoms with van der Waals surface area (Å²) < 4.78 is 0. The molecule has 0 amide bonds. The number of thiazole rings is 1. The van der Waals surface area contributed by atoms with Gasteiger partial charge in [0.2, 0.25) is 0 Å². The summed E-state index contributed by atoms with van der Waals surface area (Å²) in [7, 11) is 3.89. The maximum atomic E-state index is 4.75. The predicted molar refractivity (Wildman–Crippen MR) is 109 cm³/mol. The van der Waals surface area contributed by atoms with E-state index in [2.05, 4.69) is 65.4 Å². The average Bonchev–Trinajstić information content (AvgIpc) is 3.08. The van der Waals surface area contributed by atoms with Crippen molar-refractivity contribution in [1.82, 2.24) is 15.2 Å². The largest absolute Gasteiger partial charge is 0.356 e. The number of hydrogen-bond acceptors (Lipinski definition) is 3. The molecule has 0 aliphatic carbocycles. The molecule has 0 aliphatic heterocycles. The molecule has 134 valence electrons. The second-order valence-electron chi connectivity index (χ2n) is 6.09. The number of guanidine groups is 1. The van der Waals surface area contributed by atoms with Gasteiger partial charge in [0.1, 0.15) is 5.01 Å². The van der Waals surface area contributed by atoms with Gasteiger partial charge >= 0.3 is 0 Å². The number of aryl methyl sites for hydroxylation is 1. The molecule has 5 heteroatoms. The molecule has 0 spiro atoms. The van der Waals surface area contributed by atoms with E-state index in [0.29, 0.717) is 0 Å². The number of aliphatic imine (C=N–C) groups is 1. The van der Waals surface area contributed by atoms with Crippen molar-refractivity contribution in [3.8, 4) is 10.6 Å². The van der Waals surface area contributed by atoms with Gasteiger partial charge in [-0.05, 0) is 19.8 Å². The van der Waals surface area contributed by atoms with E-state index < -0.39 is 0 Å². The first-order valence-corrected chi connectivity index (χ1v) is 9.56. The highest BCUT2D eigenvalue weighted by molar-refractivity contribution is 7.13. The molecule has 0 unspecified atom stereocenters. The summed E-state index contributed by atoms with van der Waals surface area (Å²) in [6.07, 6.45) is 4.97. The van der Waals surface area contributed by atoms with Gasteiger partial charge in [0.05, 0.1) is 5.69 Å². The van der Waals surface area contributed by atoms with Gasteiger partial charge in [-0.25, -0.2) is 4.98 Å². The third kappa shape index (κ3) is 6.02. The average molecular weight is 357 g/mol. The van der Waals surface area contributed by atoms with Crippen molar-refractivity contribution in [1.29, 1.82) is 0 Å². The fourth-order valence-corrected chi connectivity index (χ4v) is 3.38. The van der Waals surface area contributed by atoms with Crippen LogP contribution in [0.4, 0.5) is 0 Å². The maximum absolute atomic E-state index is 4.75. The zero-order chi connectivity index (χ0) is 18.1. The number of allylic oxidation sites excluding steroid dienone is 1. The van der Waals surface area contributed by atoms with E-state index in [0.717, 1.165) is 49.0 Å². The predicted octanol–water partition coefficient (Wildman–Crippen LogP) is 4.13. The third-order valence-corrected chi connectivity index (χ3v) is 4.93. The minimum atomic E-state index is 0.829. The van der Waals surface area contributed by atoms with Crippen LogP contribution in [0.3, 0.4) is 0 Å². The van der Waals surface area contributed by atoms with Crippen LogP contribution in [0.15, 0.2) is 47.3 Å². The quantitative estimate of drug-likeness (QED) is 0.334. The Balaban J connectivity index is 1.83. The second-order valence-corrected chi connectivity index (χ2v) is 6.94. The van der Waals surface area contributed by atoms with Crippen LogP contribution in [0, 0.1) is 6.92 Å². The van der Waals surface area contributed by atoms with E-state index in [9.17, 15) is 0 Å². The van der Waals surface area contributed by atoms with Crippen LogP contribution < -0.4 is 5.32 Å². The number of benzene rings is 1. The van der Waals surface area contributed by atoms with E-state index in [4.69, 9.17) is 4.98 Å². The van der Waals surface area contributed by atoms with Crippen molar-refractivity contribution in [3.05, 3.63) is 53.6 Å². The number of nitrogens with zero attached hydrogens (tertiary/aromatic N) is 3. The Bertz CT molecular complexity index is 688. The van der Waals surface area contributed by atoms with Crippen molar-refractivity contribution < 1.29 is 0 Å². The van der Waals surface area contributed by atoms with Crippen LogP contribution in [0.25, 0.3) is 10.6 Å². The molecular weight excluding hydrogens is 328 g/mol. The number of rotatable bonds is 8. The molecule has 0 aliphatic rings. The molecular formula is C20H28N4S. The number of unbranched alkanes of at least 4 members (excludes halogenated alkanes) is 1. The first-order valence-electron chi connectivity index (χ1n) is 8.68. The van der Waals surface area contributed by atoms with Gasteiger partial charge in [-0.2, -0.15) is 0 Å². The summed E-state index contributed by atoms with van der Waals surface area (Å²) in [5.41, 5.74) is 3.58. The fourth-order valence-electron chi connectivity index (χ4n) is 2.52. The number of aromatic nitrogens is 1. The Kier molecular flexibility index (Phi) is 7.67. The molecule has 1 N–H and O–H groups in total. The van der Waals surface area contributed by atoms with Crippen molar-refractivity contribution in [2.45, 2.75) is 26.2 Å². The lowest BCUT2D eigenvalue weighted by molar-refractivity contribution is 0.470.